The van der Waals surface area contributed by atoms with Crippen molar-refractivity contribution in [3.63, 3.8) is 0 Å². The standard InChI is InChI=1S/C22H27NO3/c24-13-19-17-9-11-20(23-16-7-4-8-16)22(25)18(17)10-12-21(19)26-14-15-5-2-1-3-6-15/h1-3,5-6,10,12,16,20,22-25H,4,7-9,11,13-14H2. The Labute approximate surface area is 154 Å². The first-order valence-corrected chi connectivity index (χ1v) is 9.62. The van der Waals surface area contributed by atoms with E-state index in [2.05, 4.69) is 5.32 Å². The number of nitrogens with one attached hydrogen (secondary N) is 1. The molecule has 2 aliphatic carbocycles. The molecule has 2 aromatic carbocycles. The second kappa shape index (κ2) is 7.78. The zero-order valence-electron chi connectivity index (χ0n) is 15.0. The van der Waals surface area contributed by atoms with Crippen molar-refractivity contribution >= 4 is 0 Å². The third kappa shape index (κ3) is 3.50. The largest absolute Gasteiger partial charge is 0.489 e. The second-order valence-corrected chi connectivity index (χ2v) is 7.43. The quantitative estimate of drug-likeness (QED) is 0.746. The number of fused-ring (bicyclic) bond motifs is 1. The van der Waals surface area contributed by atoms with E-state index in [0.29, 0.717) is 18.4 Å². The fourth-order valence-electron chi connectivity index (χ4n) is 4.03. The van der Waals surface area contributed by atoms with Gasteiger partial charge in [-0.05, 0) is 48.4 Å². The van der Waals surface area contributed by atoms with E-state index in [1.165, 1.54) is 19.3 Å². The molecule has 2 aliphatic rings. The van der Waals surface area contributed by atoms with Crippen molar-refractivity contribution in [3.05, 3.63) is 64.7 Å². The van der Waals surface area contributed by atoms with E-state index in [-0.39, 0.29) is 12.6 Å². The molecule has 0 bridgehead atoms. The highest BCUT2D eigenvalue weighted by Crippen LogP contribution is 2.37. The van der Waals surface area contributed by atoms with E-state index in [4.69, 9.17) is 4.74 Å². The summed E-state index contributed by atoms with van der Waals surface area (Å²) in [5, 5.41) is 24.4. The van der Waals surface area contributed by atoms with Crippen LogP contribution in [-0.4, -0.2) is 22.3 Å². The van der Waals surface area contributed by atoms with E-state index in [1.54, 1.807) is 0 Å². The fraction of sp³-hybridized carbons (Fsp3) is 0.455. The molecular weight excluding hydrogens is 326 g/mol. The molecule has 2 unspecified atom stereocenters. The Morgan fingerprint density at radius 3 is 2.54 bits per heavy atom. The van der Waals surface area contributed by atoms with Gasteiger partial charge in [0.25, 0.3) is 0 Å². The molecule has 1 fully saturated rings. The predicted octanol–water partition coefficient (Wildman–Crippen LogP) is 3.25. The lowest BCUT2D eigenvalue weighted by Gasteiger charge is -2.37. The smallest absolute Gasteiger partial charge is 0.125 e. The fourth-order valence-corrected chi connectivity index (χ4v) is 4.03. The maximum absolute atomic E-state index is 10.8. The van der Waals surface area contributed by atoms with Crippen LogP contribution in [0, 0.1) is 0 Å². The van der Waals surface area contributed by atoms with Gasteiger partial charge in [0.05, 0.1) is 12.7 Å². The van der Waals surface area contributed by atoms with E-state index >= 15 is 0 Å². The van der Waals surface area contributed by atoms with E-state index in [1.807, 2.05) is 42.5 Å². The van der Waals surface area contributed by atoms with Gasteiger partial charge in [-0.2, -0.15) is 0 Å². The molecule has 3 N–H and O–H groups in total. The molecule has 4 heteroatoms. The van der Waals surface area contributed by atoms with Crippen LogP contribution in [0.25, 0.3) is 0 Å². The highest BCUT2D eigenvalue weighted by atomic mass is 16.5. The minimum atomic E-state index is -0.521. The van der Waals surface area contributed by atoms with Crippen molar-refractivity contribution in [2.75, 3.05) is 0 Å². The maximum atomic E-state index is 10.8. The Hall–Kier alpha value is -1.88. The Kier molecular flexibility index (Phi) is 5.25. The van der Waals surface area contributed by atoms with Gasteiger partial charge in [-0.15, -0.1) is 0 Å². The van der Waals surface area contributed by atoms with Crippen LogP contribution in [0.15, 0.2) is 42.5 Å². The summed E-state index contributed by atoms with van der Waals surface area (Å²) in [6, 6.07) is 14.5. The number of hydrogen-bond donors (Lipinski definition) is 3. The molecule has 0 radical (unpaired) electrons. The summed E-state index contributed by atoms with van der Waals surface area (Å²) in [5.41, 5.74) is 3.90. The van der Waals surface area contributed by atoms with Crippen LogP contribution in [-0.2, 0) is 19.6 Å². The summed E-state index contributed by atoms with van der Waals surface area (Å²) in [6.45, 7) is 0.405. The van der Waals surface area contributed by atoms with Crippen molar-refractivity contribution < 1.29 is 14.9 Å². The van der Waals surface area contributed by atoms with Gasteiger partial charge in [0.2, 0.25) is 0 Å². The third-order valence-corrected chi connectivity index (χ3v) is 5.78. The molecule has 2 atom stereocenters. The average molecular weight is 353 g/mol. The van der Waals surface area contributed by atoms with Crippen molar-refractivity contribution in [2.45, 2.75) is 63.5 Å². The van der Waals surface area contributed by atoms with E-state index in [9.17, 15) is 10.2 Å². The van der Waals surface area contributed by atoms with Crippen LogP contribution < -0.4 is 10.1 Å². The Balaban J connectivity index is 1.52. The number of hydrogen-bond acceptors (Lipinski definition) is 4. The summed E-state index contributed by atoms with van der Waals surface area (Å²) in [4.78, 5) is 0. The highest BCUT2D eigenvalue weighted by molar-refractivity contribution is 5.47. The SMILES string of the molecule is OCc1c(OCc2ccccc2)ccc2c1CCC(NC1CCC1)C2O. The first kappa shape index (κ1) is 17.5. The summed E-state index contributed by atoms with van der Waals surface area (Å²) in [6.07, 6.45) is 4.94. The van der Waals surface area contributed by atoms with Crippen molar-refractivity contribution in [2.24, 2.45) is 0 Å². The van der Waals surface area contributed by atoms with Gasteiger partial charge < -0.3 is 20.3 Å². The average Bonchev–Trinajstić information content (AvgIpc) is 2.64. The number of aliphatic hydroxyl groups excluding tert-OH is 2. The zero-order valence-corrected chi connectivity index (χ0v) is 15.0. The van der Waals surface area contributed by atoms with Gasteiger partial charge in [0.15, 0.2) is 0 Å². The van der Waals surface area contributed by atoms with Crippen molar-refractivity contribution in [1.29, 1.82) is 0 Å². The first-order valence-electron chi connectivity index (χ1n) is 9.62. The molecule has 0 heterocycles. The lowest BCUT2D eigenvalue weighted by atomic mass is 9.81. The molecule has 0 saturated heterocycles. The number of ether oxygens (including phenoxy) is 1. The van der Waals surface area contributed by atoms with Crippen LogP contribution in [0.2, 0.25) is 0 Å². The lowest BCUT2D eigenvalue weighted by Crippen LogP contribution is -2.47. The molecule has 0 spiro atoms. The molecule has 4 nitrogen and oxygen atoms in total. The second-order valence-electron chi connectivity index (χ2n) is 7.43. The number of aliphatic hydroxyl groups is 2. The van der Waals surface area contributed by atoms with Gasteiger partial charge in [0.1, 0.15) is 12.4 Å². The molecule has 138 valence electrons. The highest BCUT2D eigenvalue weighted by Gasteiger charge is 2.32. The van der Waals surface area contributed by atoms with E-state index < -0.39 is 6.10 Å². The van der Waals surface area contributed by atoms with Gasteiger partial charge in [-0.25, -0.2) is 0 Å². The van der Waals surface area contributed by atoms with Crippen molar-refractivity contribution in [3.8, 4) is 5.75 Å². The van der Waals surface area contributed by atoms with Crippen LogP contribution in [0.4, 0.5) is 0 Å². The van der Waals surface area contributed by atoms with Gasteiger partial charge >= 0.3 is 0 Å². The normalized spacial score (nSPS) is 22.5. The first-order chi connectivity index (χ1) is 12.8. The van der Waals surface area contributed by atoms with Crippen LogP contribution in [0.5, 0.6) is 5.75 Å². The van der Waals surface area contributed by atoms with Crippen molar-refractivity contribution in [1.82, 2.24) is 5.32 Å². The minimum Gasteiger partial charge on any atom is -0.489 e. The molecule has 0 aliphatic heterocycles. The minimum absolute atomic E-state index is 0.0687. The van der Waals surface area contributed by atoms with Gasteiger partial charge in [-0.3, -0.25) is 0 Å². The Morgan fingerprint density at radius 1 is 1.04 bits per heavy atom. The molecule has 0 amide bonds. The third-order valence-electron chi connectivity index (χ3n) is 5.78. The van der Waals surface area contributed by atoms with Crippen LogP contribution in [0.1, 0.15) is 54.0 Å². The molecule has 4 rings (SSSR count). The monoisotopic (exact) mass is 353 g/mol. The number of rotatable bonds is 6. The molecule has 1 saturated carbocycles. The topological polar surface area (TPSA) is 61.7 Å². The molecule has 26 heavy (non-hydrogen) atoms. The predicted molar refractivity (Wildman–Crippen MR) is 101 cm³/mol. The summed E-state index contributed by atoms with van der Waals surface area (Å²) in [5.74, 6) is 0.715. The Bertz CT molecular complexity index is 743. The molecule has 0 aromatic heterocycles. The maximum Gasteiger partial charge on any atom is 0.125 e. The van der Waals surface area contributed by atoms with Gasteiger partial charge in [0, 0.05) is 17.6 Å². The summed E-state index contributed by atoms with van der Waals surface area (Å²) in [7, 11) is 0. The summed E-state index contributed by atoms with van der Waals surface area (Å²) >= 11 is 0. The lowest BCUT2D eigenvalue weighted by molar-refractivity contribution is 0.0984. The van der Waals surface area contributed by atoms with E-state index in [0.717, 1.165) is 35.1 Å². The molecule has 2 aromatic rings. The molecular formula is C22H27NO3. The van der Waals surface area contributed by atoms with Crippen LogP contribution >= 0.6 is 0 Å². The summed E-state index contributed by atoms with van der Waals surface area (Å²) < 4.78 is 5.98. The van der Waals surface area contributed by atoms with Crippen LogP contribution in [0.3, 0.4) is 0 Å². The Morgan fingerprint density at radius 2 is 1.85 bits per heavy atom. The number of benzene rings is 2. The van der Waals surface area contributed by atoms with Gasteiger partial charge in [-0.1, -0.05) is 42.8 Å². The zero-order chi connectivity index (χ0) is 17.9.